The molecule has 0 unspecified atom stereocenters. The summed E-state index contributed by atoms with van der Waals surface area (Å²) in [6.07, 6.45) is 4.15. The van der Waals surface area contributed by atoms with Gasteiger partial charge in [-0.25, -0.2) is 9.07 Å². The molecule has 0 bridgehead atoms. The van der Waals surface area contributed by atoms with Crippen molar-refractivity contribution in [1.82, 2.24) is 9.78 Å². The van der Waals surface area contributed by atoms with E-state index in [0.29, 0.717) is 0 Å². The van der Waals surface area contributed by atoms with Crippen LogP contribution in [-0.2, 0) is 11.2 Å². The van der Waals surface area contributed by atoms with Crippen molar-refractivity contribution < 1.29 is 9.18 Å². The third kappa shape index (κ3) is 4.03. The number of carbonyl (C=O) groups excluding carboxylic acids is 1. The van der Waals surface area contributed by atoms with Crippen LogP contribution >= 0.6 is 0 Å². The Morgan fingerprint density at radius 2 is 1.86 bits per heavy atom. The number of anilines is 1. The lowest BCUT2D eigenvalue weighted by Gasteiger charge is -2.11. The molecule has 0 spiro atoms. The molecule has 1 heterocycles. The maximum atomic E-state index is 13.2. The van der Waals surface area contributed by atoms with Gasteiger partial charge in [-0.3, -0.25) is 4.79 Å². The number of benzene rings is 2. The van der Waals surface area contributed by atoms with Crippen LogP contribution in [0, 0.1) is 26.6 Å². The second-order valence-corrected chi connectivity index (χ2v) is 6.76. The zero-order chi connectivity index (χ0) is 20.3. The first-order valence-corrected chi connectivity index (χ1v) is 9.30. The molecule has 4 nitrogen and oxygen atoms in total. The quantitative estimate of drug-likeness (QED) is 0.625. The molecule has 5 heteroatoms. The molecule has 3 aromatic rings. The molecule has 0 atom stereocenters. The third-order valence-corrected chi connectivity index (χ3v) is 4.81. The van der Waals surface area contributed by atoms with Gasteiger partial charge in [0.2, 0.25) is 5.91 Å². The predicted octanol–water partition coefficient (Wildman–Crippen LogP) is 5.15. The minimum atomic E-state index is -0.287. The maximum absolute atomic E-state index is 13.2. The number of amides is 1. The summed E-state index contributed by atoms with van der Waals surface area (Å²) in [4.78, 5) is 12.5. The average molecular weight is 377 g/mol. The van der Waals surface area contributed by atoms with Gasteiger partial charge >= 0.3 is 0 Å². The van der Waals surface area contributed by atoms with Crippen LogP contribution in [0.5, 0.6) is 0 Å². The highest BCUT2D eigenvalue weighted by atomic mass is 19.1. The van der Waals surface area contributed by atoms with E-state index in [1.165, 1.54) is 18.2 Å². The van der Waals surface area contributed by atoms with Crippen molar-refractivity contribution in [3.05, 3.63) is 82.4 Å². The molecule has 2 aromatic carbocycles. The van der Waals surface area contributed by atoms with Crippen LogP contribution in [0.4, 0.5) is 10.1 Å². The monoisotopic (exact) mass is 377 g/mol. The number of hydrogen-bond donors (Lipinski definition) is 1. The number of carbonyl (C=O) groups is 1. The largest absolute Gasteiger partial charge is 0.322 e. The van der Waals surface area contributed by atoms with Crippen molar-refractivity contribution in [1.29, 1.82) is 0 Å². The van der Waals surface area contributed by atoms with E-state index in [-0.39, 0.29) is 11.7 Å². The number of nitrogens with one attached hydrogen (secondary N) is 1. The molecule has 0 aliphatic carbocycles. The molecule has 0 aliphatic heterocycles. The van der Waals surface area contributed by atoms with Gasteiger partial charge in [0.05, 0.1) is 11.4 Å². The van der Waals surface area contributed by atoms with E-state index in [0.717, 1.165) is 45.9 Å². The number of rotatable bonds is 5. The van der Waals surface area contributed by atoms with Crippen LogP contribution < -0.4 is 5.32 Å². The Morgan fingerprint density at radius 1 is 1.14 bits per heavy atom. The van der Waals surface area contributed by atoms with Gasteiger partial charge in [0.15, 0.2) is 0 Å². The first-order chi connectivity index (χ1) is 13.4. The van der Waals surface area contributed by atoms with Crippen LogP contribution in [0.2, 0.25) is 0 Å². The van der Waals surface area contributed by atoms with E-state index in [1.807, 2.05) is 39.0 Å². The summed E-state index contributed by atoms with van der Waals surface area (Å²) in [6, 6.07) is 12.2. The molecule has 144 valence electrons. The van der Waals surface area contributed by atoms with Crippen molar-refractivity contribution in [3.63, 3.8) is 0 Å². The molecular weight excluding hydrogens is 353 g/mol. The Hall–Kier alpha value is -3.21. The van der Waals surface area contributed by atoms with Gasteiger partial charge < -0.3 is 5.32 Å². The summed E-state index contributed by atoms with van der Waals surface area (Å²) >= 11 is 0. The smallest absolute Gasteiger partial charge is 0.248 e. The van der Waals surface area contributed by atoms with Crippen LogP contribution in [0.25, 0.3) is 11.8 Å². The summed E-state index contributed by atoms with van der Waals surface area (Å²) in [5.41, 5.74) is 6.36. The molecule has 0 saturated carbocycles. The number of nitrogens with zero attached hydrogens (tertiary/aromatic N) is 2. The molecule has 1 aromatic heterocycles. The Kier molecular flexibility index (Phi) is 5.73. The van der Waals surface area contributed by atoms with Crippen molar-refractivity contribution in [2.45, 2.75) is 34.1 Å². The summed E-state index contributed by atoms with van der Waals surface area (Å²) < 4.78 is 14.9. The Labute approximate surface area is 164 Å². The fourth-order valence-corrected chi connectivity index (χ4v) is 3.26. The Morgan fingerprint density at radius 3 is 2.54 bits per heavy atom. The second kappa shape index (κ2) is 8.21. The van der Waals surface area contributed by atoms with Crippen molar-refractivity contribution in [3.8, 4) is 5.69 Å². The van der Waals surface area contributed by atoms with Gasteiger partial charge in [0.1, 0.15) is 5.82 Å². The highest BCUT2D eigenvalue weighted by Gasteiger charge is 2.12. The third-order valence-electron chi connectivity index (χ3n) is 4.81. The van der Waals surface area contributed by atoms with E-state index in [1.54, 1.807) is 22.9 Å². The number of aromatic nitrogens is 2. The fraction of sp³-hybridized carbons (Fsp3) is 0.217. The number of aryl methyl sites for hydroxylation is 3. The molecule has 0 aliphatic rings. The lowest BCUT2D eigenvalue weighted by Crippen LogP contribution is -2.11. The lowest BCUT2D eigenvalue weighted by atomic mass is 10.1. The molecule has 0 radical (unpaired) electrons. The second-order valence-electron chi connectivity index (χ2n) is 6.76. The van der Waals surface area contributed by atoms with Crippen LogP contribution in [0.3, 0.4) is 0 Å². The minimum Gasteiger partial charge on any atom is -0.322 e. The molecule has 28 heavy (non-hydrogen) atoms. The number of para-hydroxylation sites is 1. The first-order valence-electron chi connectivity index (χ1n) is 9.30. The molecule has 3 rings (SSSR count). The van der Waals surface area contributed by atoms with Crippen LogP contribution in [0.15, 0.2) is 48.5 Å². The van der Waals surface area contributed by atoms with E-state index >= 15 is 0 Å². The van der Waals surface area contributed by atoms with E-state index in [2.05, 4.69) is 17.3 Å². The van der Waals surface area contributed by atoms with Crippen molar-refractivity contribution in [2.75, 3.05) is 5.32 Å². The molecule has 0 saturated heterocycles. The highest BCUT2D eigenvalue weighted by Crippen LogP contribution is 2.22. The van der Waals surface area contributed by atoms with E-state index in [9.17, 15) is 9.18 Å². The molecule has 0 fully saturated rings. The Bertz CT molecular complexity index is 1030. The van der Waals surface area contributed by atoms with Gasteiger partial charge in [-0.15, -0.1) is 0 Å². The van der Waals surface area contributed by atoms with Gasteiger partial charge in [0.25, 0.3) is 0 Å². The number of halogens is 1. The topological polar surface area (TPSA) is 46.9 Å². The normalized spacial score (nSPS) is 11.2. The molecular formula is C23H24FN3O. The summed E-state index contributed by atoms with van der Waals surface area (Å²) in [5.74, 6) is -0.470. The molecule has 1 amide bonds. The van der Waals surface area contributed by atoms with Gasteiger partial charge in [-0.1, -0.05) is 25.1 Å². The summed E-state index contributed by atoms with van der Waals surface area (Å²) in [7, 11) is 0. The summed E-state index contributed by atoms with van der Waals surface area (Å²) in [5, 5.41) is 7.51. The van der Waals surface area contributed by atoms with Crippen molar-refractivity contribution >= 4 is 17.7 Å². The van der Waals surface area contributed by atoms with Crippen molar-refractivity contribution in [2.24, 2.45) is 0 Å². The standard InChI is InChI=1S/C23H24FN3O/c1-5-18-8-6-7-15(2)23(18)25-22(28)14-13-21-16(3)26-27(17(21)4)20-11-9-19(24)10-12-20/h6-14H,5H2,1-4H3,(H,25,28)/b14-13+. The van der Waals surface area contributed by atoms with E-state index < -0.39 is 0 Å². The van der Waals surface area contributed by atoms with Gasteiger partial charge in [-0.05, 0) is 68.7 Å². The fourth-order valence-electron chi connectivity index (χ4n) is 3.26. The average Bonchev–Trinajstić information content (AvgIpc) is 2.96. The van der Waals surface area contributed by atoms with Crippen LogP contribution in [-0.4, -0.2) is 15.7 Å². The highest BCUT2D eigenvalue weighted by molar-refractivity contribution is 6.03. The lowest BCUT2D eigenvalue weighted by molar-refractivity contribution is -0.111. The zero-order valence-electron chi connectivity index (χ0n) is 16.6. The first kappa shape index (κ1) is 19.5. The Balaban J connectivity index is 1.83. The van der Waals surface area contributed by atoms with Crippen LogP contribution in [0.1, 0.15) is 35.0 Å². The minimum absolute atomic E-state index is 0.183. The van der Waals surface area contributed by atoms with Gasteiger partial charge in [0, 0.05) is 23.0 Å². The number of hydrogen-bond acceptors (Lipinski definition) is 2. The predicted molar refractivity (Wildman–Crippen MR) is 111 cm³/mol. The van der Waals surface area contributed by atoms with E-state index in [4.69, 9.17) is 0 Å². The maximum Gasteiger partial charge on any atom is 0.248 e. The SMILES string of the molecule is CCc1cccc(C)c1NC(=O)/C=C/c1c(C)nn(-c2ccc(F)cc2)c1C. The summed E-state index contributed by atoms with van der Waals surface area (Å²) in [6.45, 7) is 7.87. The van der Waals surface area contributed by atoms with Gasteiger partial charge in [-0.2, -0.15) is 5.10 Å². The zero-order valence-corrected chi connectivity index (χ0v) is 16.6. The molecule has 1 N–H and O–H groups in total.